The van der Waals surface area contributed by atoms with Crippen molar-refractivity contribution >= 4 is 23.1 Å². The molecule has 1 rings (SSSR count). The molecule has 0 aliphatic carbocycles. The van der Waals surface area contributed by atoms with Gasteiger partial charge in [0.15, 0.2) is 0 Å². The van der Waals surface area contributed by atoms with E-state index < -0.39 is 5.82 Å². The highest BCUT2D eigenvalue weighted by atomic mass is 32.1. The van der Waals surface area contributed by atoms with Crippen molar-refractivity contribution in [2.45, 2.75) is 33.2 Å². The maximum Gasteiger partial charge on any atom is 0.223 e. The number of hydrogen-bond acceptors (Lipinski definition) is 2. The first-order valence-electron chi connectivity index (χ1n) is 6.31. The highest BCUT2D eigenvalue weighted by Crippen LogP contribution is 2.11. The number of thiocarbonyl (C=S) groups is 1. The van der Waals surface area contributed by atoms with Gasteiger partial charge >= 0.3 is 0 Å². The van der Waals surface area contributed by atoms with E-state index in [1.807, 2.05) is 13.8 Å². The van der Waals surface area contributed by atoms with Crippen LogP contribution in [0.15, 0.2) is 18.2 Å². The predicted molar refractivity (Wildman–Crippen MR) is 78.2 cm³/mol. The Labute approximate surface area is 118 Å². The summed E-state index contributed by atoms with van der Waals surface area (Å²) in [4.78, 5) is 11.9. The van der Waals surface area contributed by atoms with Gasteiger partial charge in [0.05, 0.1) is 0 Å². The Hall–Kier alpha value is -1.49. The van der Waals surface area contributed by atoms with Gasteiger partial charge < -0.3 is 11.1 Å². The summed E-state index contributed by atoms with van der Waals surface area (Å²) in [6.07, 6.45) is 1.78. The van der Waals surface area contributed by atoms with Crippen LogP contribution in [0.1, 0.15) is 37.8 Å². The molecule has 0 aliphatic rings. The molecule has 0 bridgehead atoms. The Morgan fingerprint density at radius 2 is 2.21 bits per heavy atom. The van der Waals surface area contributed by atoms with Gasteiger partial charge in [-0.25, -0.2) is 4.39 Å². The first-order valence-corrected chi connectivity index (χ1v) is 6.72. The number of nitrogens with two attached hydrogens (primary N) is 1. The van der Waals surface area contributed by atoms with Gasteiger partial charge in [-0.05, 0) is 12.5 Å². The number of hydrogen-bond donors (Lipinski definition) is 2. The maximum absolute atomic E-state index is 13.7. The lowest BCUT2D eigenvalue weighted by Gasteiger charge is -2.12. The molecule has 104 valence electrons. The Morgan fingerprint density at radius 3 is 2.74 bits per heavy atom. The minimum Gasteiger partial charge on any atom is -0.389 e. The highest BCUT2D eigenvalue weighted by molar-refractivity contribution is 7.80. The molecule has 5 heteroatoms. The molecule has 1 unspecified atom stereocenters. The average molecular weight is 282 g/mol. The summed E-state index contributed by atoms with van der Waals surface area (Å²) in [5.74, 6) is -0.516. The summed E-state index contributed by atoms with van der Waals surface area (Å²) in [5.41, 5.74) is 6.34. The second-order valence-corrected chi connectivity index (χ2v) is 5.02. The number of carbonyl (C=O) groups is 1. The molecule has 0 spiro atoms. The van der Waals surface area contributed by atoms with Crippen LogP contribution in [0.3, 0.4) is 0 Å². The van der Waals surface area contributed by atoms with E-state index >= 15 is 0 Å². The van der Waals surface area contributed by atoms with Crippen molar-refractivity contribution in [3.63, 3.8) is 0 Å². The first-order chi connectivity index (χ1) is 8.95. The third-order valence-corrected chi connectivity index (χ3v) is 3.20. The quantitative estimate of drug-likeness (QED) is 0.788. The summed E-state index contributed by atoms with van der Waals surface area (Å²) in [7, 11) is 0. The molecule has 3 N–H and O–H groups in total. The van der Waals surface area contributed by atoms with Crippen LogP contribution in [0, 0.1) is 11.7 Å². The minimum absolute atomic E-state index is 0.0519. The van der Waals surface area contributed by atoms with Crippen LogP contribution in [0.4, 0.5) is 4.39 Å². The van der Waals surface area contributed by atoms with E-state index in [0.717, 1.165) is 12.8 Å². The van der Waals surface area contributed by atoms with E-state index in [9.17, 15) is 9.18 Å². The summed E-state index contributed by atoms with van der Waals surface area (Å²) in [5, 5.41) is 2.73. The van der Waals surface area contributed by atoms with E-state index in [0.29, 0.717) is 11.1 Å². The van der Waals surface area contributed by atoms with E-state index in [2.05, 4.69) is 5.32 Å². The van der Waals surface area contributed by atoms with Gasteiger partial charge in [0.1, 0.15) is 10.8 Å². The zero-order valence-corrected chi connectivity index (χ0v) is 12.0. The van der Waals surface area contributed by atoms with Crippen molar-refractivity contribution in [1.29, 1.82) is 0 Å². The molecule has 3 nitrogen and oxygen atoms in total. The van der Waals surface area contributed by atoms with Crippen molar-refractivity contribution in [2.75, 3.05) is 0 Å². The lowest BCUT2D eigenvalue weighted by Crippen LogP contribution is -2.29. The molecule has 19 heavy (non-hydrogen) atoms. The fraction of sp³-hybridized carbons (Fsp3) is 0.429. The third kappa shape index (κ3) is 4.59. The number of nitrogens with one attached hydrogen (secondary N) is 1. The van der Waals surface area contributed by atoms with E-state index in [1.165, 1.54) is 6.07 Å². The van der Waals surface area contributed by atoms with Crippen LogP contribution in [-0.4, -0.2) is 10.9 Å². The van der Waals surface area contributed by atoms with Crippen LogP contribution >= 0.6 is 12.2 Å². The average Bonchev–Trinajstić information content (AvgIpc) is 2.36. The molecular formula is C14H19FN2OS. The van der Waals surface area contributed by atoms with Crippen molar-refractivity contribution < 1.29 is 9.18 Å². The van der Waals surface area contributed by atoms with Gasteiger partial charge in [-0.15, -0.1) is 0 Å². The van der Waals surface area contributed by atoms with Crippen LogP contribution in [0.5, 0.6) is 0 Å². The Kier molecular flexibility index (Phi) is 5.89. The normalized spacial score (nSPS) is 11.9. The van der Waals surface area contributed by atoms with Gasteiger partial charge in [-0.2, -0.15) is 0 Å². The molecule has 0 radical (unpaired) electrons. The van der Waals surface area contributed by atoms with Crippen LogP contribution in [0.25, 0.3) is 0 Å². The van der Waals surface area contributed by atoms with E-state index in [4.69, 9.17) is 18.0 Å². The standard InChI is InChI=1S/C14H19FN2OS/c1-3-4-9(2)14(18)17-8-11-6-5-10(13(16)19)7-12(11)15/h5-7,9H,3-4,8H2,1-2H3,(H2,16,19)(H,17,18). The number of halogens is 1. The SMILES string of the molecule is CCCC(C)C(=O)NCc1ccc(C(N)=S)cc1F. The minimum atomic E-state index is -0.409. The van der Waals surface area contributed by atoms with Crippen molar-refractivity contribution in [1.82, 2.24) is 5.32 Å². The van der Waals surface area contributed by atoms with E-state index in [-0.39, 0.29) is 23.4 Å². The van der Waals surface area contributed by atoms with Gasteiger partial charge in [0.2, 0.25) is 5.91 Å². The molecule has 0 aromatic heterocycles. The fourth-order valence-electron chi connectivity index (χ4n) is 1.76. The van der Waals surface area contributed by atoms with Crippen molar-refractivity contribution in [2.24, 2.45) is 11.7 Å². The van der Waals surface area contributed by atoms with Gasteiger partial charge in [-0.3, -0.25) is 4.79 Å². The Morgan fingerprint density at radius 1 is 1.53 bits per heavy atom. The molecule has 1 amide bonds. The van der Waals surface area contributed by atoms with Crippen LogP contribution < -0.4 is 11.1 Å². The summed E-state index contributed by atoms with van der Waals surface area (Å²) >= 11 is 4.78. The second kappa shape index (κ2) is 7.19. The third-order valence-electron chi connectivity index (χ3n) is 2.96. The molecule has 0 heterocycles. The molecule has 1 atom stereocenters. The van der Waals surface area contributed by atoms with Crippen LogP contribution in [0.2, 0.25) is 0 Å². The Bertz CT molecular complexity index is 477. The maximum atomic E-state index is 13.7. The smallest absolute Gasteiger partial charge is 0.223 e. The summed E-state index contributed by atoms with van der Waals surface area (Å²) < 4.78 is 13.7. The van der Waals surface area contributed by atoms with Gasteiger partial charge in [0, 0.05) is 23.6 Å². The molecular weight excluding hydrogens is 263 g/mol. The molecule has 1 aromatic carbocycles. The largest absolute Gasteiger partial charge is 0.389 e. The lowest BCUT2D eigenvalue weighted by molar-refractivity contribution is -0.124. The number of carbonyl (C=O) groups excluding carboxylic acids is 1. The van der Waals surface area contributed by atoms with Gasteiger partial charge in [0.25, 0.3) is 0 Å². The fourth-order valence-corrected chi connectivity index (χ4v) is 1.89. The van der Waals surface area contributed by atoms with Crippen molar-refractivity contribution in [3.05, 3.63) is 35.1 Å². The zero-order valence-electron chi connectivity index (χ0n) is 11.2. The number of amides is 1. The van der Waals surface area contributed by atoms with Gasteiger partial charge in [-0.1, -0.05) is 44.6 Å². The van der Waals surface area contributed by atoms with E-state index in [1.54, 1.807) is 12.1 Å². The molecule has 1 aromatic rings. The highest BCUT2D eigenvalue weighted by Gasteiger charge is 2.12. The lowest BCUT2D eigenvalue weighted by atomic mass is 10.1. The zero-order chi connectivity index (χ0) is 14.4. The van der Waals surface area contributed by atoms with Crippen molar-refractivity contribution in [3.8, 4) is 0 Å². The molecule has 0 saturated heterocycles. The topological polar surface area (TPSA) is 55.1 Å². The first kappa shape index (κ1) is 15.6. The monoisotopic (exact) mass is 282 g/mol. The predicted octanol–water partition coefficient (Wildman–Crippen LogP) is 2.51. The summed E-state index contributed by atoms with van der Waals surface area (Å²) in [6.45, 7) is 4.07. The summed E-state index contributed by atoms with van der Waals surface area (Å²) in [6, 6.07) is 4.54. The Balaban J connectivity index is 2.63. The van der Waals surface area contributed by atoms with Crippen LogP contribution in [-0.2, 0) is 11.3 Å². The second-order valence-electron chi connectivity index (χ2n) is 4.58. The number of benzene rings is 1. The number of rotatable bonds is 6. The molecule has 0 saturated carbocycles. The molecule has 0 fully saturated rings. The molecule has 0 aliphatic heterocycles.